The van der Waals surface area contributed by atoms with Gasteiger partial charge < -0.3 is 4.90 Å². The van der Waals surface area contributed by atoms with Gasteiger partial charge in [-0.3, -0.25) is 14.5 Å². The van der Waals surface area contributed by atoms with Crippen molar-refractivity contribution in [1.82, 2.24) is 19.7 Å². The van der Waals surface area contributed by atoms with Crippen LogP contribution >= 0.6 is 0 Å². The van der Waals surface area contributed by atoms with Crippen molar-refractivity contribution in [3.63, 3.8) is 0 Å². The van der Waals surface area contributed by atoms with Crippen LogP contribution in [-0.4, -0.2) is 38.7 Å². The lowest BCUT2D eigenvalue weighted by atomic mass is 10.1. The first-order valence-corrected chi connectivity index (χ1v) is 9.15. The Morgan fingerprint density at radius 1 is 1.23 bits per heavy atom. The molecule has 9 heteroatoms. The fraction of sp³-hybridized carbons (Fsp3) is 0.238. The maximum Gasteiger partial charge on any atom is 0.416 e. The van der Waals surface area contributed by atoms with Crippen molar-refractivity contribution in [2.75, 3.05) is 13.1 Å². The number of hydrogen-bond donors (Lipinski definition) is 0. The van der Waals surface area contributed by atoms with Crippen LogP contribution < -0.4 is 0 Å². The molecule has 1 aliphatic rings. The summed E-state index contributed by atoms with van der Waals surface area (Å²) in [7, 11) is 0. The van der Waals surface area contributed by atoms with E-state index < -0.39 is 23.7 Å². The highest BCUT2D eigenvalue weighted by Gasteiger charge is 2.38. The molecule has 0 aliphatic carbocycles. The summed E-state index contributed by atoms with van der Waals surface area (Å²) in [4.78, 5) is 17.9. The number of nitriles is 1. The smallest absolute Gasteiger partial charge is 0.336 e. The highest BCUT2D eigenvalue weighted by molar-refractivity contribution is 5.90. The predicted molar refractivity (Wildman–Crippen MR) is 103 cm³/mol. The Morgan fingerprint density at radius 2 is 1.97 bits per heavy atom. The minimum absolute atomic E-state index is 0.253. The zero-order valence-corrected chi connectivity index (χ0v) is 15.7. The van der Waals surface area contributed by atoms with Gasteiger partial charge in [0.25, 0.3) is 0 Å². The normalized spacial score (nSPS) is 19.1. The molecule has 1 aromatic carbocycles. The van der Waals surface area contributed by atoms with E-state index in [2.05, 4.69) is 22.7 Å². The molecule has 30 heavy (non-hydrogen) atoms. The second-order valence-corrected chi connectivity index (χ2v) is 6.99. The quantitative estimate of drug-likeness (QED) is 0.614. The van der Waals surface area contributed by atoms with E-state index in [9.17, 15) is 23.2 Å². The lowest BCUT2D eigenvalue weighted by molar-refractivity contribution is -0.137. The molecule has 1 fully saturated rings. The minimum Gasteiger partial charge on any atom is -0.336 e. The number of pyridine rings is 1. The lowest BCUT2D eigenvalue weighted by Crippen LogP contribution is -2.27. The first kappa shape index (κ1) is 19.6. The third kappa shape index (κ3) is 3.30. The summed E-state index contributed by atoms with van der Waals surface area (Å²) in [6.07, 6.45) is -1.65. The van der Waals surface area contributed by atoms with Crippen LogP contribution in [-0.2, 0) is 11.0 Å². The number of alkyl halides is 3. The molecule has 3 heterocycles. The van der Waals surface area contributed by atoms with Gasteiger partial charge in [0.1, 0.15) is 11.2 Å². The van der Waals surface area contributed by atoms with E-state index in [1.54, 1.807) is 23.0 Å². The summed E-state index contributed by atoms with van der Waals surface area (Å²) in [6, 6.07) is 10.0. The van der Waals surface area contributed by atoms with Crippen LogP contribution in [0.1, 0.15) is 11.6 Å². The topological polar surface area (TPSA) is 74.8 Å². The Morgan fingerprint density at radius 3 is 2.60 bits per heavy atom. The Balaban J connectivity index is 1.79. The van der Waals surface area contributed by atoms with Gasteiger partial charge in [-0.2, -0.15) is 23.5 Å². The molecule has 0 saturated carbocycles. The molecule has 6 nitrogen and oxygen atoms in total. The summed E-state index contributed by atoms with van der Waals surface area (Å²) in [5.41, 5.74) is 1.32. The van der Waals surface area contributed by atoms with Crippen LogP contribution in [0.15, 0.2) is 55.3 Å². The Bertz CT molecular complexity index is 1160. The lowest BCUT2D eigenvalue weighted by Gasteiger charge is -2.15. The van der Waals surface area contributed by atoms with Crippen molar-refractivity contribution in [2.45, 2.75) is 12.2 Å². The standard InChI is InChI=1S/C21H16F3N5O/c1-2-18(30)28-11-14(10-25)17(12-28)29-16-4-3-9-26-20(16)19(27-29)13-5-7-15(8-6-13)21(22,23)24/h2-9,14,17H,1,11-12H2. The van der Waals surface area contributed by atoms with Gasteiger partial charge in [-0.05, 0) is 30.3 Å². The average molecular weight is 411 g/mol. The number of carbonyl (C=O) groups is 1. The maximum atomic E-state index is 12.9. The maximum absolute atomic E-state index is 12.9. The van der Waals surface area contributed by atoms with Crippen molar-refractivity contribution in [2.24, 2.45) is 5.92 Å². The van der Waals surface area contributed by atoms with Crippen LogP contribution in [0.25, 0.3) is 22.3 Å². The van der Waals surface area contributed by atoms with Gasteiger partial charge in [0.05, 0.1) is 29.1 Å². The van der Waals surface area contributed by atoms with Crippen molar-refractivity contribution in [3.05, 3.63) is 60.8 Å². The molecular weight excluding hydrogens is 395 g/mol. The SMILES string of the molecule is C=CC(=O)N1CC(C#N)C(n2nc(-c3ccc(C(F)(F)F)cc3)c3ncccc32)C1. The summed E-state index contributed by atoms with van der Waals surface area (Å²) >= 11 is 0. The first-order valence-electron chi connectivity index (χ1n) is 9.15. The van der Waals surface area contributed by atoms with Gasteiger partial charge in [0, 0.05) is 24.8 Å². The number of rotatable bonds is 3. The van der Waals surface area contributed by atoms with Gasteiger partial charge in [0.15, 0.2) is 0 Å². The molecule has 152 valence electrons. The van der Waals surface area contributed by atoms with E-state index in [4.69, 9.17) is 0 Å². The number of halogens is 3. The van der Waals surface area contributed by atoms with E-state index in [1.807, 2.05) is 0 Å². The molecule has 0 spiro atoms. The number of fused-ring (bicyclic) bond motifs is 1. The van der Waals surface area contributed by atoms with Gasteiger partial charge in [-0.1, -0.05) is 18.7 Å². The molecule has 2 unspecified atom stereocenters. The molecule has 0 N–H and O–H groups in total. The van der Waals surface area contributed by atoms with Crippen LogP contribution in [0.5, 0.6) is 0 Å². The molecule has 1 amide bonds. The van der Waals surface area contributed by atoms with Crippen molar-refractivity contribution in [1.29, 1.82) is 5.26 Å². The number of aromatic nitrogens is 3. The second kappa shape index (κ2) is 7.30. The average Bonchev–Trinajstić information content (AvgIpc) is 3.34. The summed E-state index contributed by atoms with van der Waals surface area (Å²) in [5.74, 6) is -0.757. The summed E-state index contributed by atoms with van der Waals surface area (Å²) < 4.78 is 40.3. The van der Waals surface area contributed by atoms with Crippen molar-refractivity contribution >= 4 is 16.9 Å². The van der Waals surface area contributed by atoms with Crippen LogP contribution in [0, 0.1) is 17.2 Å². The molecule has 3 aromatic rings. The van der Waals surface area contributed by atoms with Crippen molar-refractivity contribution in [3.8, 4) is 17.3 Å². The highest BCUT2D eigenvalue weighted by Crippen LogP contribution is 2.35. The van der Waals surface area contributed by atoms with Crippen LogP contribution in [0.2, 0.25) is 0 Å². The number of hydrogen-bond acceptors (Lipinski definition) is 4. The molecule has 1 aliphatic heterocycles. The molecule has 0 radical (unpaired) electrons. The monoisotopic (exact) mass is 411 g/mol. The molecule has 2 atom stereocenters. The number of benzene rings is 1. The predicted octanol–water partition coefficient (Wildman–Crippen LogP) is 3.83. The molecule has 0 bridgehead atoms. The molecule has 2 aromatic heterocycles. The summed E-state index contributed by atoms with van der Waals surface area (Å²) in [6.45, 7) is 4.02. The Hall–Kier alpha value is -3.67. The van der Waals surface area contributed by atoms with E-state index in [0.717, 1.165) is 12.1 Å². The third-order valence-corrected chi connectivity index (χ3v) is 5.21. The van der Waals surface area contributed by atoms with Gasteiger partial charge in [-0.25, -0.2) is 0 Å². The van der Waals surface area contributed by atoms with E-state index in [1.165, 1.54) is 23.1 Å². The zero-order valence-electron chi connectivity index (χ0n) is 15.7. The fourth-order valence-corrected chi connectivity index (χ4v) is 3.71. The zero-order chi connectivity index (χ0) is 21.5. The van der Waals surface area contributed by atoms with Gasteiger partial charge in [0.2, 0.25) is 5.91 Å². The number of nitrogens with zero attached hydrogens (tertiary/aromatic N) is 5. The summed E-state index contributed by atoms with van der Waals surface area (Å²) in [5, 5.41) is 14.2. The molecule has 4 rings (SSSR count). The van der Waals surface area contributed by atoms with Crippen LogP contribution in [0.3, 0.4) is 0 Å². The largest absolute Gasteiger partial charge is 0.416 e. The highest BCUT2D eigenvalue weighted by atomic mass is 19.4. The van der Waals surface area contributed by atoms with Crippen molar-refractivity contribution < 1.29 is 18.0 Å². The molecule has 1 saturated heterocycles. The van der Waals surface area contributed by atoms with Gasteiger partial charge in [-0.15, -0.1) is 0 Å². The second-order valence-electron chi connectivity index (χ2n) is 6.99. The third-order valence-electron chi connectivity index (χ3n) is 5.21. The number of amides is 1. The van der Waals surface area contributed by atoms with E-state index in [-0.39, 0.29) is 19.0 Å². The molecular formula is C21H16F3N5O. The van der Waals surface area contributed by atoms with E-state index in [0.29, 0.717) is 22.3 Å². The fourth-order valence-electron chi connectivity index (χ4n) is 3.71. The Labute approximate surface area is 169 Å². The first-order chi connectivity index (χ1) is 14.3. The number of likely N-dealkylation sites (tertiary alicyclic amines) is 1. The van der Waals surface area contributed by atoms with Gasteiger partial charge >= 0.3 is 6.18 Å². The number of carbonyl (C=O) groups excluding carboxylic acids is 1. The van der Waals surface area contributed by atoms with E-state index >= 15 is 0 Å². The Kier molecular flexibility index (Phi) is 4.78. The minimum atomic E-state index is -4.43. The van der Waals surface area contributed by atoms with Crippen LogP contribution in [0.4, 0.5) is 13.2 Å².